The lowest BCUT2D eigenvalue weighted by atomic mass is 9.79. The number of carbonyl (C=O) groups is 2. The molecule has 2 amide bonds. The van der Waals surface area contributed by atoms with Crippen molar-refractivity contribution in [3.8, 4) is 0 Å². The first-order valence-electron chi connectivity index (χ1n) is 9.22. The zero-order valence-electron chi connectivity index (χ0n) is 15.0. The monoisotopic (exact) mass is 362 g/mol. The maximum Gasteiger partial charge on any atom is 0.273 e. The fraction of sp³-hybridized carbons (Fsp3) is 0.722. The maximum atomic E-state index is 13.4. The average Bonchev–Trinajstić information content (AvgIpc) is 3.36. The highest BCUT2D eigenvalue weighted by atomic mass is 32.1. The molecule has 1 aromatic rings. The van der Waals surface area contributed by atoms with Crippen LogP contribution in [0.1, 0.15) is 37.2 Å². The number of aromatic nitrogens is 1. The van der Waals surface area contributed by atoms with Crippen molar-refractivity contribution in [1.29, 1.82) is 0 Å². The number of likely N-dealkylation sites (tertiary alicyclic amines) is 3. The van der Waals surface area contributed by atoms with Gasteiger partial charge in [0.25, 0.3) is 5.91 Å². The molecule has 0 radical (unpaired) electrons. The average molecular weight is 362 g/mol. The van der Waals surface area contributed by atoms with Crippen molar-refractivity contribution < 1.29 is 9.59 Å². The van der Waals surface area contributed by atoms with E-state index in [0.717, 1.165) is 39.0 Å². The third kappa shape index (κ3) is 2.77. The molecule has 0 spiro atoms. The topological polar surface area (TPSA) is 56.8 Å². The molecular formula is C18H26N4O2S. The summed E-state index contributed by atoms with van der Waals surface area (Å²) >= 11 is 1.44. The highest BCUT2D eigenvalue weighted by molar-refractivity contribution is 7.07. The number of fused-ring (bicyclic) bond motifs is 1. The van der Waals surface area contributed by atoms with E-state index >= 15 is 0 Å². The molecule has 136 valence electrons. The fourth-order valence-corrected chi connectivity index (χ4v) is 5.20. The van der Waals surface area contributed by atoms with E-state index in [9.17, 15) is 9.59 Å². The normalized spacial score (nSPS) is 29.6. The zero-order chi connectivity index (χ0) is 17.6. The van der Waals surface area contributed by atoms with E-state index in [4.69, 9.17) is 0 Å². The quantitative estimate of drug-likeness (QED) is 0.819. The molecule has 0 N–H and O–H groups in total. The van der Waals surface area contributed by atoms with Crippen LogP contribution in [0.15, 0.2) is 10.9 Å². The minimum atomic E-state index is -0.430. The van der Waals surface area contributed by atoms with Crippen LogP contribution in [0.4, 0.5) is 0 Å². The molecule has 0 aromatic carbocycles. The SMILES string of the molecule is CC(C)N1C[C@H]2CN(C(=O)c3cscn3)C[C@@]2(C(=O)N2CCCC2)C1. The Morgan fingerprint density at radius 1 is 1.20 bits per heavy atom. The van der Waals surface area contributed by atoms with Crippen molar-refractivity contribution in [2.75, 3.05) is 39.3 Å². The van der Waals surface area contributed by atoms with Crippen LogP contribution < -0.4 is 0 Å². The van der Waals surface area contributed by atoms with Crippen LogP contribution in [-0.2, 0) is 4.79 Å². The molecule has 2 atom stereocenters. The number of amides is 2. The van der Waals surface area contributed by atoms with Gasteiger partial charge in [-0.2, -0.15) is 0 Å². The van der Waals surface area contributed by atoms with Crippen molar-refractivity contribution >= 4 is 23.2 Å². The van der Waals surface area contributed by atoms with Gasteiger partial charge in [-0.1, -0.05) is 0 Å². The van der Waals surface area contributed by atoms with E-state index in [-0.39, 0.29) is 17.7 Å². The van der Waals surface area contributed by atoms with Crippen LogP contribution in [0.3, 0.4) is 0 Å². The maximum absolute atomic E-state index is 13.4. The number of hydrogen-bond donors (Lipinski definition) is 0. The van der Waals surface area contributed by atoms with Crippen LogP contribution in [0.2, 0.25) is 0 Å². The second kappa shape index (κ2) is 6.36. The zero-order valence-corrected chi connectivity index (χ0v) is 15.8. The lowest BCUT2D eigenvalue weighted by Gasteiger charge is -2.33. The second-order valence-electron chi connectivity index (χ2n) is 7.93. The van der Waals surface area contributed by atoms with Crippen LogP contribution in [-0.4, -0.2) is 76.8 Å². The molecule has 1 aromatic heterocycles. The van der Waals surface area contributed by atoms with Crippen LogP contribution in [0.25, 0.3) is 0 Å². The summed E-state index contributed by atoms with van der Waals surface area (Å²) in [5, 5.41) is 1.80. The predicted molar refractivity (Wildman–Crippen MR) is 96.5 cm³/mol. The molecule has 0 bridgehead atoms. The molecule has 3 aliphatic heterocycles. The summed E-state index contributed by atoms with van der Waals surface area (Å²) in [6.45, 7) is 8.99. The summed E-state index contributed by atoms with van der Waals surface area (Å²) < 4.78 is 0. The molecule has 0 aliphatic carbocycles. The highest BCUT2D eigenvalue weighted by Gasteiger charge is 2.59. The van der Waals surface area contributed by atoms with Gasteiger partial charge in [0.1, 0.15) is 5.69 Å². The highest BCUT2D eigenvalue weighted by Crippen LogP contribution is 2.45. The molecule has 4 rings (SSSR count). The van der Waals surface area contributed by atoms with Gasteiger partial charge in [-0.15, -0.1) is 11.3 Å². The van der Waals surface area contributed by atoms with Crippen molar-refractivity contribution in [2.24, 2.45) is 11.3 Å². The van der Waals surface area contributed by atoms with Gasteiger partial charge in [0, 0.05) is 56.6 Å². The molecular weight excluding hydrogens is 336 g/mol. The molecule has 0 saturated carbocycles. The Morgan fingerprint density at radius 3 is 2.60 bits per heavy atom. The lowest BCUT2D eigenvalue weighted by Crippen LogP contribution is -2.49. The molecule has 3 saturated heterocycles. The number of nitrogens with zero attached hydrogens (tertiary/aromatic N) is 4. The molecule has 3 fully saturated rings. The van der Waals surface area contributed by atoms with Gasteiger partial charge >= 0.3 is 0 Å². The Kier molecular flexibility index (Phi) is 4.32. The first-order chi connectivity index (χ1) is 12.0. The largest absolute Gasteiger partial charge is 0.342 e. The Morgan fingerprint density at radius 2 is 1.96 bits per heavy atom. The van der Waals surface area contributed by atoms with Crippen LogP contribution in [0.5, 0.6) is 0 Å². The van der Waals surface area contributed by atoms with Gasteiger partial charge in [-0.3, -0.25) is 14.5 Å². The van der Waals surface area contributed by atoms with Gasteiger partial charge < -0.3 is 9.80 Å². The summed E-state index contributed by atoms with van der Waals surface area (Å²) in [7, 11) is 0. The number of hydrogen-bond acceptors (Lipinski definition) is 5. The molecule has 4 heterocycles. The first kappa shape index (κ1) is 17.0. The van der Waals surface area contributed by atoms with Gasteiger partial charge in [-0.25, -0.2) is 4.98 Å². The van der Waals surface area contributed by atoms with Crippen LogP contribution in [0, 0.1) is 11.3 Å². The Balaban J connectivity index is 1.59. The first-order valence-corrected chi connectivity index (χ1v) is 10.2. The lowest BCUT2D eigenvalue weighted by molar-refractivity contribution is -0.141. The minimum absolute atomic E-state index is 0.0275. The third-order valence-electron chi connectivity index (χ3n) is 6.12. The third-order valence-corrected chi connectivity index (χ3v) is 6.71. The van der Waals surface area contributed by atoms with E-state index in [0.29, 0.717) is 24.8 Å². The van der Waals surface area contributed by atoms with Crippen molar-refractivity contribution in [2.45, 2.75) is 32.7 Å². The summed E-state index contributed by atoms with van der Waals surface area (Å²) in [6.07, 6.45) is 2.20. The molecule has 25 heavy (non-hydrogen) atoms. The smallest absolute Gasteiger partial charge is 0.273 e. The van der Waals surface area contributed by atoms with Gasteiger partial charge in [0.05, 0.1) is 10.9 Å². The molecule has 3 aliphatic rings. The Labute approximate surface area is 152 Å². The van der Waals surface area contributed by atoms with Gasteiger partial charge in [0.15, 0.2) is 0 Å². The van der Waals surface area contributed by atoms with Crippen molar-refractivity contribution in [3.63, 3.8) is 0 Å². The van der Waals surface area contributed by atoms with Gasteiger partial charge in [-0.05, 0) is 26.7 Å². The van der Waals surface area contributed by atoms with Gasteiger partial charge in [0.2, 0.25) is 5.91 Å². The Bertz CT molecular complexity index is 656. The molecule has 0 unspecified atom stereocenters. The van der Waals surface area contributed by atoms with E-state index < -0.39 is 5.41 Å². The number of carbonyl (C=O) groups excluding carboxylic acids is 2. The molecule has 7 heteroatoms. The van der Waals surface area contributed by atoms with E-state index in [1.165, 1.54) is 11.3 Å². The van der Waals surface area contributed by atoms with Crippen molar-refractivity contribution in [3.05, 3.63) is 16.6 Å². The van der Waals surface area contributed by atoms with Crippen molar-refractivity contribution in [1.82, 2.24) is 19.7 Å². The standard InChI is InChI=1S/C18H26N4O2S/c1-13(2)21-7-14-8-22(16(23)15-9-25-12-19-15)11-18(14,10-21)17(24)20-5-3-4-6-20/h9,12-14H,3-8,10-11H2,1-2H3/t14-,18-/m0/s1. The summed E-state index contributed by atoms with van der Waals surface area (Å²) in [4.78, 5) is 36.7. The number of rotatable bonds is 3. The summed E-state index contributed by atoms with van der Waals surface area (Å²) in [5.41, 5.74) is 1.77. The minimum Gasteiger partial charge on any atom is -0.342 e. The summed E-state index contributed by atoms with van der Waals surface area (Å²) in [6, 6.07) is 0.427. The predicted octanol–water partition coefficient (Wildman–Crippen LogP) is 1.55. The van der Waals surface area contributed by atoms with E-state index in [2.05, 4.69) is 23.7 Å². The van der Waals surface area contributed by atoms with E-state index in [1.807, 2.05) is 9.80 Å². The molecule has 6 nitrogen and oxygen atoms in total. The number of thiazole rings is 1. The fourth-order valence-electron chi connectivity index (χ4n) is 4.67. The summed E-state index contributed by atoms with van der Waals surface area (Å²) in [5.74, 6) is 0.470. The van der Waals surface area contributed by atoms with E-state index in [1.54, 1.807) is 10.9 Å². The second-order valence-corrected chi connectivity index (χ2v) is 8.65. The Hall–Kier alpha value is -1.47. The van der Waals surface area contributed by atoms with Crippen LogP contribution >= 0.6 is 11.3 Å².